The molecule has 2 rings (SSSR count). The van der Waals surface area contributed by atoms with E-state index in [4.69, 9.17) is 11.6 Å². The Labute approximate surface area is 119 Å². The van der Waals surface area contributed by atoms with Gasteiger partial charge in [0.1, 0.15) is 5.75 Å². The first-order chi connectivity index (χ1) is 8.97. The van der Waals surface area contributed by atoms with Crippen molar-refractivity contribution in [3.63, 3.8) is 0 Å². The molecule has 0 bridgehead atoms. The number of benzene rings is 2. The lowest BCUT2D eigenvalue weighted by molar-refractivity contribution is 0.465. The second-order valence-corrected chi connectivity index (χ2v) is 5.32. The van der Waals surface area contributed by atoms with Gasteiger partial charge >= 0.3 is 0 Å². The van der Waals surface area contributed by atoms with E-state index >= 15 is 0 Å². The van der Waals surface area contributed by atoms with Gasteiger partial charge < -0.3 is 10.4 Å². The lowest BCUT2D eigenvalue weighted by Gasteiger charge is -2.19. The van der Waals surface area contributed by atoms with Gasteiger partial charge in [-0.15, -0.1) is 0 Å². The van der Waals surface area contributed by atoms with Gasteiger partial charge in [0.2, 0.25) is 0 Å². The van der Waals surface area contributed by atoms with Gasteiger partial charge in [0, 0.05) is 16.3 Å². The Bertz CT molecular complexity index is 595. The van der Waals surface area contributed by atoms with Crippen molar-refractivity contribution in [3.8, 4) is 5.75 Å². The zero-order chi connectivity index (χ0) is 14.0. The summed E-state index contributed by atoms with van der Waals surface area (Å²) in [5, 5.41) is 13.9. The third-order valence-corrected chi connectivity index (χ3v) is 3.45. The molecule has 19 heavy (non-hydrogen) atoms. The van der Waals surface area contributed by atoms with Gasteiger partial charge in [-0.1, -0.05) is 29.3 Å². The zero-order valence-corrected chi connectivity index (χ0v) is 12.1. The van der Waals surface area contributed by atoms with Crippen molar-refractivity contribution in [2.75, 3.05) is 5.32 Å². The topological polar surface area (TPSA) is 32.3 Å². The first kappa shape index (κ1) is 13.8. The minimum Gasteiger partial charge on any atom is -0.508 e. The first-order valence-corrected chi connectivity index (χ1v) is 6.67. The standard InChI is InChI=1S/C16H18ClNO/c1-10-4-6-15(11(2)8-10)18-12(3)14-9-13(17)5-7-16(14)19/h4-9,12,18-19H,1-3H3. The van der Waals surface area contributed by atoms with Crippen LogP contribution in [0.15, 0.2) is 36.4 Å². The molecule has 1 atom stereocenters. The Morgan fingerprint density at radius 3 is 2.53 bits per heavy atom. The van der Waals surface area contributed by atoms with Crippen LogP contribution in [-0.2, 0) is 0 Å². The number of halogens is 1. The average molecular weight is 276 g/mol. The molecule has 0 saturated carbocycles. The number of aryl methyl sites for hydroxylation is 2. The van der Waals surface area contributed by atoms with Crippen LogP contribution < -0.4 is 5.32 Å². The summed E-state index contributed by atoms with van der Waals surface area (Å²) in [6.07, 6.45) is 0. The Hall–Kier alpha value is -1.67. The molecule has 3 heteroatoms. The number of anilines is 1. The third-order valence-electron chi connectivity index (χ3n) is 3.21. The van der Waals surface area contributed by atoms with Crippen molar-refractivity contribution in [1.82, 2.24) is 0 Å². The minimum atomic E-state index is -0.0138. The second kappa shape index (κ2) is 5.54. The summed E-state index contributed by atoms with van der Waals surface area (Å²) >= 11 is 5.98. The molecule has 0 aliphatic carbocycles. The van der Waals surface area contributed by atoms with E-state index in [0.717, 1.165) is 11.3 Å². The number of nitrogens with one attached hydrogen (secondary N) is 1. The molecule has 0 spiro atoms. The number of hydrogen-bond acceptors (Lipinski definition) is 2. The van der Waals surface area contributed by atoms with Crippen LogP contribution in [0, 0.1) is 13.8 Å². The largest absolute Gasteiger partial charge is 0.508 e. The molecule has 0 aromatic heterocycles. The van der Waals surface area contributed by atoms with Crippen LogP contribution in [0.1, 0.15) is 29.7 Å². The number of rotatable bonds is 3. The van der Waals surface area contributed by atoms with Crippen molar-refractivity contribution in [1.29, 1.82) is 0 Å². The number of aromatic hydroxyl groups is 1. The Balaban J connectivity index is 2.25. The monoisotopic (exact) mass is 275 g/mol. The van der Waals surface area contributed by atoms with E-state index in [1.165, 1.54) is 11.1 Å². The van der Waals surface area contributed by atoms with Gasteiger partial charge in [-0.2, -0.15) is 0 Å². The summed E-state index contributed by atoms with van der Waals surface area (Å²) in [7, 11) is 0. The van der Waals surface area contributed by atoms with Gasteiger partial charge in [-0.05, 0) is 50.6 Å². The fourth-order valence-corrected chi connectivity index (χ4v) is 2.34. The van der Waals surface area contributed by atoms with Crippen LogP contribution in [-0.4, -0.2) is 5.11 Å². The molecular formula is C16H18ClNO. The van der Waals surface area contributed by atoms with Crippen molar-refractivity contribution in [2.45, 2.75) is 26.8 Å². The lowest BCUT2D eigenvalue weighted by atomic mass is 10.1. The van der Waals surface area contributed by atoms with E-state index in [-0.39, 0.29) is 11.8 Å². The maximum absolute atomic E-state index is 9.90. The van der Waals surface area contributed by atoms with Gasteiger partial charge in [0.05, 0.1) is 6.04 Å². The molecule has 0 heterocycles. The fraction of sp³-hybridized carbons (Fsp3) is 0.250. The molecule has 1 unspecified atom stereocenters. The van der Waals surface area contributed by atoms with E-state index in [2.05, 4.69) is 37.4 Å². The summed E-state index contributed by atoms with van der Waals surface area (Å²) < 4.78 is 0. The van der Waals surface area contributed by atoms with Gasteiger partial charge in [0.15, 0.2) is 0 Å². The molecule has 0 saturated heterocycles. The highest BCUT2D eigenvalue weighted by molar-refractivity contribution is 6.30. The van der Waals surface area contributed by atoms with Crippen LogP contribution >= 0.6 is 11.6 Å². The Morgan fingerprint density at radius 1 is 1.11 bits per heavy atom. The number of hydrogen-bond donors (Lipinski definition) is 2. The van der Waals surface area contributed by atoms with Crippen LogP contribution in [0.3, 0.4) is 0 Å². The lowest BCUT2D eigenvalue weighted by Crippen LogP contribution is -2.08. The van der Waals surface area contributed by atoms with Gasteiger partial charge in [0.25, 0.3) is 0 Å². The molecule has 0 fully saturated rings. The molecule has 2 N–H and O–H groups in total. The third kappa shape index (κ3) is 3.21. The minimum absolute atomic E-state index is 0.0138. The first-order valence-electron chi connectivity index (χ1n) is 6.29. The van der Waals surface area contributed by atoms with Gasteiger partial charge in [-0.3, -0.25) is 0 Å². The maximum atomic E-state index is 9.90. The molecule has 100 valence electrons. The number of phenols is 1. The van der Waals surface area contributed by atoms with Crippen LogP contribution in [0.2, 0.25) is 5.02 Å². The van der Waals surface area contributed by atoms with E-state index in [1.54, 1.807) is 18.2 Å². The maximum Gasteiger partial charge on any atom is 0.120 e. The van der Waals surface area contributed by atoms with Crippen molar-refractivity contribution < 1.29 is 5.11 Å². The summed E-state index contributed by atoms with van der Waals surface area (Å²) in [5.41, 5.74) is 4.29. The van der Waals surface area contributed by atoms with E-state index in [9.17, 15) is 5.11 Å². The highest BCUT2D eigenvalue weighted by atomic mass is 35.5. The predicted octanol–water partition coefficient (Wildman–Crippen LogP) is 4.84. The molecule has 0 aliphatic rings. The average Bonchev–Trinajstić information content (AvgIpc) is 2.35. The number of phenolic OH excluding ortho intramolecular Hbond substituents is 1. The van der Waals surface area contributed by atoms with E-state index in [0.29, 0.717) is 5.02 Å². The van der Waals surface area contributed by atoms with Crippen LogP contribution in [0.5, 0.6) is 5.75 Å². The van der Waals surface area contributed by atoms with E-state index < -0.39 is 0 Å². The van der Waals surface area contributed by atoms with Crippen molar-refractivity contribution >= 4 is 17.3 Å². The second-order valence-electron chi connectivity index (χ2n) is 4.89. The molecule has 0 amide bonds. The molecule has 2 aromatic rings. The molecule has 0 aliphatic heterocycles. The smallest absolute Gasteiger partial charge is 0.120 e. The summed E-state index contributed by atoms with van der Waals surface area (Å²) in [6, 6.07) is 11.3. The quantitative estimate of drug-likeness (QED) is 0.840. The van der Waals surface area contributed by atoms with Gasteiger partial charge in [-0.25, -0.2) is 0 Å². The molecule has 2 aromatic carbocycles. The fourth-order valence-electron chi connectivity index (χ4n) is 2.16. The summed E-state index contributed by atoms with van der Waals surface area (Å²) in [6.45, 7) is 6.15. The Morgan fingerprint density at radius 2 is 1.84 bits per heavy atom. The normalized spacial score (nSPS) is 12.2. The van der Waals surface area contributed by atoms with Crippen molar-refractivity contribution in [2.24, 2.45) is 0 Å². The molecule has 2 nitrogen and oxygen atoms in total. The zero-order valence-electron chi connectivity index (χ0n) is 11.4. The van der Waals surface area contributed by atoms with Crippen LogP contribution in [0.4, 0.5) is 5.69 Å². The SMILES string of the molecule is Cc1ccc(NC(C)c2cc(Cl)ccc2O)c(C)c1. The van der Waals surface area contributed by atoms with Crippen LogP contribution in [0.25, 0.3) is 0 Å². The Kier molecular flexibility index (Phi) is 4.01. The molecule has 0 radical (unpaired) electrons. The predicted molar refractivity (Wildman–Crippen MR) is 81.1 cm³/mol. The van der Waals surface area contributed by atoms with Crippen molar-refractivity contribution in [3.05, 3.63) is 58.1 Å². The van der Waals surface area contributed by atoms with E-state index in [1.807, 2.05) is 6.92 Å². The highest BCUT2D eigenvalue weighted by Gasteiger charge is 2.11. The molecular weight excluding hydrogens is 258 g/mol. The summed E-state index contributed by atoms with van der Waals surface area (Å²) in [4.78, 5) is 0. The highest BCUT2D eigenvalue weighted by Crippen LogP contribution is 2.30. The summed E-state index contributed by atoms with van der Waals surface area (Å²) in [5.74, 6) is 0.258.